The lowest BCUT2D eigenvalue weighted by Gasteiger charge is -2.50. The molecule has 0 aromatic carbocycles. The molecule has 3 aliphatic heterocycles. The van der Waals surface area contributed by atoms with Crippen LogP contribution in [0.2, 0.25) is 0 Å². The molecule has 16 nitrogen and oxygen atoms in total. The number of rotatable bonds is 11. The lowest BCUT2D eigenvalue weighted by molar-refractivity contribution is -0.320. The summed E-state index contributed by atoms with van der Waals surface area (Å²) in [5, 5.41) is 33.6. The molecule has 3 aliphatic rings. The Bertz CT molecular complexity index is 1330. The van der Waals surface area contributed by atoms with E-state index in [1.165, 1.54) is 28.1 Å². The molecule has 3 fully saturated rings. The van der Waals surface area contributed by atoms with Crippen LogP contribution < -0.4 is 0 Å². The van der Waals surface area contributed by atoms with Crippen LogP contribution in [0, 0.1) is 23.7 Å². The van der Waals surface area contributed by atoms with Crippen molar-refractivity contribution in [1.82, 2.24) is 4.90 Å². The Balaban J connectivity index is 2.25. The van der Waals surface area contributed by atoms with Crippen LogP contribution in [0.3, 0.4) is 0 Å². The highest BCUT2D eigenvalue weighted by Gasteiger charge is 2.55. The van der Waals surface area contributed by atoms with Crippen molar-refractivity contribution in [2.75, 3.05) is 35.1 Å². The van der Waals surface area contributed by atoms with Crippen molar-refractivity contribution in [3.63, 3.8) is 0 Å². The van der Waals surface area contributed by atoms with E-state index in [0.29, 0.717) is 6.42 Å². The number of carbonyl (C=O) groups is 3. The Morgan fingerprint density at radius 1 is 0.895 bits per heavy atom. The molecule has 0 spiro atoms. The predicted octanol–water partition coefficient (Wildman–Crippen LogP) is 2.98. The first-order valence-electron chi connectivity index (χ1n) is 20.4. The normalized spacial score (nSPS) is 45.6. The summed E-state index contributed by atoms with van der Waals surface area (Å²) in [7, 11) is 6.76. The van der Waals surface area contributed by atoms with Gasteiger partial charge in [-0.1, -0.05) is 27.7 Å². The van der Waals surface area contributed by atoms with Gasteiger partial charge in [0.15, 0.2) is 18.7 Å². The molecule has 332 valence electrons. The summed E-state index contributed by atoms with van der Waals surface area (Å²) in [6.07, 6.45) is -8.51. The highest BCUT2D eigenvalue weighted by Crippen LogP contribution is 2.42. The molecule has 0 amide bonds. The summed E-state index contributed by atoms with van der Waals surface area (Å²) in [6, 6.07) is -0.306. The topological polar surface area (TPSA) is 198 Å². The number of ketones is 1. The summed E-state index contributed by atoms with van der Waals surface area (Å²) in [5.41, 5.74) is -4.24. The van der Waals surface area contributed by atoms with Gasteiger partial charge in [0.05, 0.1) is 35.9 Å². The zero-order chi connectivity index (χ0) is 43.4. The minimum absolute atomic E-state index is 0.0939. The molecule has 16 heteroatoms. The van der Waals surface area contributed by atoms with Crippen molar-refractivity contribution in [3.8, 4) is 0 Å². The molecule has 3 saturated heterocycles. The zero-order valence-electron chi connectivity index (χ0n) is 36.9. The molecule has 18 atom stereocenters. The first-order valence-corrected chi connectivity index (χ1v) is 20.4. The second-order valence-electron chi connectivity index (χ2n) is 17.5. The average Bonchev–Trinajstić information content (AvgIpc) is 3.14. The van der Waals surface area contributed by atoms with E-state index >= 15 is 0 Å². The Morgan fingerprint density at radius 3 is 2.02 bits per heavy atom. The Morgan fingerprint density at radius 2 is 1.49 bits per heavy atom. The third-order valence-electron chi connectivity index (χ3n) is 12.7. The van der Waals surface area contributed by atoms with Crippen molar-refractivity contribution in [2.45, 2.75) is 186 Å². The molecule has 3 heterocycles. The standard InChI is InChI=1S/C41H73NO15/c1-16-29-41(11,48)35(51-20-43)23(4)31(45)21(2)18-39(9,49-14)34(57-38-32(46)28(42(12)13)17-22(3)52-38)24(5)33(25(6)37(47)55-29)56-30-19-40(10,50-15)36(26(7)53-30)54-27(8)44/h21-26,28-30,32-36,38,43,46,48H,16-20H2,1-15H3/t21-,22-,23-,24+,25-,26+,28+,29+,30?,32-,33+,34-,35-,36+,38+,39+,40-,41-/m1/s1. The van der Waals surface area contributed by atoms with Crippen LogP contribution in [-0.2, 0) is 57.0 Å². The van der Waals surface area contributed by atoms with E-state index in [-0.39, 0.29) is 37.2 Å². The predicted molar refractivity (Wildman–Crippen MR) is 207 cm³/mol. The zero-order valence-corrected chi connectivity index (χ0v) is 36.9. The minimum atomic E-state index is -1.91. The quantitative estimate of drug-likeness (QED) is 0.203. The van der Waals surface area contributed by atoms with Crippen molar-refractivity contribution in [1.29, 1.82) is 0 Å². The largest absolute Gasteiger partial charge is 0.459 e. The molecule has 57 heavy (non-hydrogen) atoms. The number of esters is 2. The second-order valence-corrected chi connectivity index (χ2v) is 17.5. The van der Waals surface area contributed by atoms with E-state index in [4.69, 9.17) is 42.6 Å². The maximum atomic E-state index is 14.4. The first-order chi connectivity index (χ1) is 26.4. The van der Waals surface area contributed by atoms with Gasteiger partial charge in [-0.3, -0.25) is 14.4 Å². The summed E-state index contributed by atoms with van der Waals surface area (Å²) in [4.78, 5) is 42.7. The summed E-state index contributed by atoms with van der Waals surface area (Å²) in [6.45, 7) is 17.8. The molecular formula is C41H73NO15. The number of aliphatic hydroxyl groups is 3. The Labute approximate surface area is 339 Å². The van der Waals surface area contributed by atoms with E-state index in [1.54, 1.807) is 48.5 Å². The molecular weight excluding hydrogens is 746 g/mol. The third kappa shape index (κ3) is 11.1. The maximum Gasteiger partial charge on any atom is 0.311 e. The van der Waals surface area contributed by atoms with Crippen LogP contribution in [0.15, 0.2) is 0 Å². The summed E-state index contributed by atoms with van der Waals surface area (Å²) < 4.78 is 55.9. The van der Waals surface area contributed by atoms with Gasteiger partial charge in [0.25, 0.3) is 0 Å². The number of Topliss-reactive ketones (excluding diaryl/α,β-unsaturated/α-hetero) is 1. The molecule has 0 bridgehead atoms. The number of methoxy groups -OCH3 is 2. The fourth-order valence-corrected chi connectivity index (χ4v) is 9.35. The maximum absolute atomic E-state index is 14.4. The number of hydrogen-bond acceptors (Lipinski definition) is 16. The van der Waals surface area contributed by atoms with Crippen LogP contribution in [0.25, 0.3) is 0 Å². The molecule has 3 rings (SSSR count). The molecule has 0 radical (unpaired) electrons. The molecule has 0 aliphatic carbocycles. The number of ether oxygens (including phenoxy) is 9. The number of likely N-dealkylation sites (N-methyl/N-ethyl adjacent to an activating group) is 1. The fraction of sp³-hybridized carbons (Fsp3) is 0.927. The number of cyclic esters (lactones) is 1. The van der Waals surface area contributed by atoms with Gasteiger partial charge in [-0.05, 0) is 74.9 Å². The fourth-order valence-electron chi connectivity index (χ4n) is 9.35. The van der Waals surface area contributed by atoms with E-state index < -0.39 is 115 Å². The summed E-state index contributed by atoms with van der Waals surface area (Å²) in [5.74, 6) is -4.97. The minimum Gasteiger partial charge on any atom is -0.459 e. The second kappa shape index (κ2) is 20.2. The van der Waals surface area contributed by atoms with Gasteiger partial charge in [0.2, 0.25) is 0 Å². The Kier molecular flexibility index (Phi) is 17.5. The lowest BCUT2D eigenvalue weighted by atomic mass is 9.73. The molecule has 0 aromatic heterocycles. The Hall–Kier alpha value is -1.83. The SMILES string of the molecule is CC[C@@H]1OC(=O)[C@H](C)[C@@H](OC2C[C@@](C)(OC)[C@@H](OC(C)=O)[C@H](C)O2)[C@H](C)[C@@H](O[C@@H]2O[C@H](C)C[C@H](N(C)C)[C@H]2O)[C@@](C)(OC)C[C@@H](C)C(=O)[C@@H](C)[C@@H](OCO)[C@]1(C)O. The molecule has 1 unspecified atom stereocenters. The van der Waals surface area contributed by atoms with Crippen molar-refractivity contribution in [3.05, 3.63) is 0 Å². The molecule has 0 saturated carbocycles. The average molecular weight is 820 g/mol. The van der Waals surface area contributed by atoms with E-state index in [9.17, 15) is 29.7 Å². The first kappa shape index (κ1) is 49.5. The number of aliphatic hydroxyl groups excluding tert-OH is 2. The lowest BCUT2D eigenvalue weighted by Crippen LogP contribution is -2.62. The summed E-state index contributed by atoms with van der Waals surface area (Å²) >= 11 is 0. The van der Waals surface area contributed by atoms with Gasteiger partial charge in [0, 0.05) is 51.4 Å². The van der Waals surface area contributed by atoms with E-state index in [0.717, 1.165) is 0 Å². The number of hydrogen-bond donors (Lipinski definition) is 3. The van der Waals surface area contributed by atoms with E-state index in [1.807, 2.05) is 32.8 Å². The molecule has 3 N–H and O–H groups in total. The van der Waals surface area contributed by atoms with Gasteiger partial charge < -0.3 is 62.9 Å². The van der Waals surface area contributed by atoms with Crippen LogP contribution >= 0.6 is 0 Å². The van der Waals surface area contributed by atoms with Crippen molar-refractivity contribution in [2.24, 2.45) is 23.7 Å². The molecule has 0 aromatic rings. The van der Waals surface area contributed by atoms with Gasteiger partial charge >= 0.3 is 11.9 Å². The van der Waals surface area contributed by atoms with Crippen LogP contribution in [0.1, 0.15) is 102 Å². The van der Waals surface area contributed by atoms with Crippen LogP contribution in [0.4, 0.5) is 0 Å². The van der Waals surface area contributed by atoms with Gasteiger partial charge in [-0.15, -0.1) is 0 Å². The smallest absolute Gasteiger partial charge is 0.311 e. The van der Waals surface area contributed by atoms with Crippen molar-refractivity contribution < 1.29 is 72.3 Å². The van der Waals surface area contributed by atoms with Gasteiger partial charge in [-0.2, -0.15) is 0 Å². The number of nitrogens with zero attached hydrogens (tertiary/aromatic N) is 1. The van der Waals surface area contributed by atoms with Crippen molar-refractivity contribution >= 4 is 17.7 Å². The number of carbonyl (C=O) groups excluding carboxylic acids is 3. The van der Waals surface area contributed by atoms with Crippen LogP contribution in [-0.4, -0.2) is 157 Å². The van der Waals surface area contributed by atoms with Gasteiger partial charge in [-0.25, -0.2) is 0 Å². The highest BCUT2D eigenvalue weighted by molar-refractivity contribution is 5.83. The third-order valence-corrected chi connectivity index (χ3v) is 12.7. The van der Waals surface area contributed by atoms with Crippen LogP contribution in [0.5, 0.6) is 0 Å². The van der Waals surface area contributed by atoms with E-state index in [2.05, 4.69) is 0 Å². The van der Waals surface area contributed by atoms with Gasteiger partial charge in [0.1, 0.15) is 42.1 Å². The monoisotopic (exact) mass is 819 g/mol. The highest BCUT2D eigenvalue weighted by atomic mass is 16.7.